The van der Waals surface area contributed by atoms with Crippen LogP contribution in [0.4, 0.5) is 5.69 Å². The Morgan fingerprint density at radius 3 is 1.95 bits per heavy atom. The Bertz CT molecular complexity index is 495. The Labute approximate surface area is 122 Å². The van der Waals surface area contributed by atoms with Crippen LogP contribution in [0, 0.1) is 0 Å². The number of benzene rings is 1. The fourth-order valence-corrected chi connectivity index (χ4v) is 1.51. The molecule has 0 radical (unpaired) electrons. The highest BCUT2D eigenvalue weighted by atomic mass is 16.6. The van der Waals surface area contributed by atoms with E-state index in [0.29, 0.717) is 5.69 Å². The van der Waals surface area contributed by atoms with Gasteiger partial charge < -0.3 is 20.5 Å². The number of nitrogen functional groups attached to an aromatic ring is 1. The van der Waals surface area contributed by atoms with Crippen LogP contribution in [0.15, 0.2) is 24.3 Å². The predicted octanol–water partition coefficient (Wildman–Crippen LogP) is 0.493. The molecule has 0 aliphatic heterocycles. The van der Waals surface area contributed by atoms with Gasteiger partial charge in [-0.25, -0.2) is 9.59 Å². The topological polar surface area (TPSA) is 108 Å². The second kappa shape index (κ2) is 7.88. The maximum Gasteiger partial charge on any atom is 0.340 e. The molecular formula is C14H18N2O5. The number of hydrogen-bond acceptors (Lipinski definition) is 6. The molecule has 0 unspecified atom stereocenters. The van der Waals surface area contributed by atoms with Crippen LogP contribution >= 0.6 is 0 Å². The lowest BCUT2D eigenvalue weighted by Gasteiger charge is -2.15. The van der Waals surface area contributed by atoms with Crippen molar-refractivity contribution in [3.63, 3.8) is 0 Å². The molecule has 1 amide bonds. The monoisotopic (exact) mass is 294 g/mol. The molecule has 21 heavy (non-hydrogen) atoms. The SMILES string of the molecule is CCOC(=O)C(NC(=O)c1ccc(N)cc1)C(=O)OCC. The molecule has 0 saturated carbocycles. The van der Waals surface area contributed by atoms with Gasteiger partial charge in [-0.05, 0) is 38.1 Å². The highest BCUT2D eigenvalue weighted by molar-refractivity contribution is 6.05. The summed E-state index contributed by atoms with van der Waals surface area (Å²) < 4.78 is 9.51. The second-order valence-corrected chi connectivity index (χ2v) is 4.03. The molecule has 1 rings (SSSR count). The van der Waals surface area contributed by atoms with Gasteiger partial charge in [-0.15, -0.1) is 0 Å². The average Bonchev–Trinajstić information content (AvgIpc) is 2.45. The highest BCUT2D eigenvalue weighted by Crippen LogP contribution is 2.06. The van der Waals surface area contributed by atoms with E-state index in [2.05, 4.69) is 5.32 Å². The molecule has 1 aromatic carbocycles. The predicted molar refractivity (Wildman–Crippen MR) is 75.4 cm³/mol. The van der Waals surface area contributed by atoms with E-state index in [9.17, 15) is 14.4 Å². The Morgan fingerprint density at radius 2 is 1.52 bits per heavy atom. The van der Waals surface area contributed by atoms with E-state index in [1.54, 1.807) is 26.0 Å². The third kappa shape index (κ3) is 4.79. The summed E-state index contributed by atoms with van der Waals surface area (Å²) in [6.07, 6.45) is 0. The summed E-state index contributed by atoms with van der Waals surface area (Å²) in [6, 6.07) is 4.56. The van der Waals surface area contributed by atoms with E-state index in [0.717, 1.165) is 0 Å². The van der Waals surface area contributed by atoms with E-state index >= 15 is 0 Å². The van der Waals surface area contributed by atoms with E-state index in [1.807, 2.05) is 0 Å². The molecule has 0 aromatic heterocycles. The molecule has 1 aromatic rings. The third-order valence-corrected chi connectivity index (χ3v) is 2.49. The van der Waals surface area contributed by atoms with Crippen LogP contribution in [0.25, 0.3) is 0 Å². The van der Waals surface area contributed by atoms with Crippen LogP contribution in [-0.2, 0) is 19.1 Å². The van der Waals surface area contributed by atoms with Gasteiger partial charge in [0.1, 0.15) is 0 Å². The first-order valence-electron chi connectivity index (χ1n) is 6.49. The van der Waals surface area contributed by atoms with E-state index in [1.165, 1.54) is 12.1 Å². The zero-order valence-corrected chi connectivity index (χ0v) is 11.9. The molecule has 0 heterocycles. The molecule has 0 bridgehead atoms. The third-order valence-electron chi connectivity index (χ3n) is 2.49. The minimum absolute atomic E-state index is 0.0898. The number of anilines is 1. The molecule has 114 valence electrons. The number of hydrogen-bond donors (Lipinski definition) is 2. The van der Waals surface area contributed by atoms with Crippen molar-refractivity contribution in [3.05, 3.63) is 29.8 Å². The van der Waals surface area contributed by atoms with Gasteiger partial charge in [0, 0.05) is 11.3 Å². The summed E-state index contributed by atoms with van der Waals surface area (Å²) in [4.78, 5) is 35.5. The molecular weight excluding hydrogens is 276 g/mol. The van der Waals surface area contributed by atoms with Gasteiger partial charge in [0.15, 0.2) is 0 Å². The fraction of sp³-hybridized carbons (Fsp3) is 0.357. The molecule has 0 aliphatic carbocycles. The summed E-state index contributed by atoms with van der Waals surface area (Å²) in [7, 11) is 0. The van der Waals surface area contributed by atoms with Crippen LogP contribution in [-0.4, -0.2) is 37.1 Å². The molecule has 3 N–H and O–H groups in total. The van der Waals surface area contributed by atoms with Gasteiger partial charge >= 0.3 is 11.9 Å². The molecule has 0 aliphatic rings. The number of nitrogens with one attached hydrogen (secondary N) is 1. The van der Waals surface area contributed by atoms with Crippen LogP contribution in [0.3, 0.4) is 0 Å². The van der Waals surface area contributed by atoms with Crippen molar-refractivity contribution in [1.29, 1.82) is 0 Å². The number of carbonyl (C=O) groups excluding carboxylic acids is 3. The molecule has 0 atom stereocenters. The molecule has 0 spiro atoms. The normalized spacial score (nSPS) is 10.0. The minimum Gasteiger partial charge on any atom is -0.464 e. The quantitative estimate of drug-likeness (QED) is 0.449. The molecule has 7 heteroatoms. The first-order chi connectivity index (χ1) is 9.99. The average molecular weight is 294 g/mol. The first kappa shape index (κ1) is 16.5. The van der Waals surface area contributed by atoms with Crippen molar-refractivity contribution < 1.29 is 23.9 Å². The lowest BCUT2D eigenvalue weighted by molar-refractivity contribution is -0.157. The van der Waals surface area contributed by atoms with Crippen molar-refractivity contribution in [3.8, 4) is 0 Å². The fourth-order valence-electron chi connectivity index (χ4n) is 1.51. The van der Waals surface area contributed by atoms with Crippen molar-refractivity contribution in [2.45, 2.75) is 19.9 Å². The number of carbonyl (C=O) groups is 3. The van der Waals surface area contributed by atoms with Gasteiger partial charge in [0.05, 0.1) is 13.2 Å². The lowest BCUT2D eigenvalue weighted by Crippen LogP contribution is -2.48. The Kier molecular flexibility index (Phi) is 6.19. The Balaban J connectivity index is 2.84. The maximum absolute atomic E-state index is 12.0. The smallest absolute Gasteiger partial charge is 0.340 e. The Hall–Kier alpha value is -2.57. The Morgan fingerprint density at radius 1 is 1.05 bits per heavy atom. The number of amides is 1. The maximum atomic E-state index is 12.0. The van der Waals surface area contributed by atoms with Gasteiger partial charge in [0.25, 0.3) is 5.91 Å². The minimum atomic E-state index is -1.49. The van der Waals surface area contributed by atoms with Crippen LogP contribution in [0.5, 0.6) is 0 Å². The summed E-state index contributed by atoms with van der Waals surface area (Å²) in [5.74, 6) is -2.32. The largest absolute Gasteiger partial charge is 0.464 e. The summed E-state index contributed by atoms with van der Waals surface area (Å²) >= 11 is 0. The van der Waals surface area contributed by atoms with E-state index < -0.39 is 23.9 Å². The van der Waals surface area contributed by atoms with Crippen molar-refractivity contribution in [2.24, 2.45) is 0 Å². The van der Waals surface area contributed by atoms with Crippen LogP contribution in [0.1, 0.15) is 24.2 Å². The molecule has 0 fully saturated rings. The van der Waals surface area contributed by atoms with Crippen molar-refractivity contribution >= 4 is 23.5 Å². The molecule has 7 nitrogen and oxygen atoms in total. The highest BCUT2D eigenvalue weighted by Gasteiger charge is 2.31. The van der Waals surface area contributed by atoms with Crippen LogP contribution < -0.4 is 11.1 Å². The zero-order chi connectivity index (χ0) is 15.8. The van der Waals surface area contributed by atoms with Gasteiger partial charge in [-0.2, -0.15) is 0 Å². The number of ether oxygens (including phenoxy) is 2. The number of nitrogens with two attached hydrogens (primary N) is 1. The van der Waals surface area contributed by atoms with Crippen molar-refractivity contribution in [2.75, 3.05) is 18.9 Å². The number of rotatable bonds is 6. The lowest BCUT2D eigenvalue weighted by atomic mass is 10.2. The zero-order valence-electron chi connectivity index (χ0n) is 11.9. The van der Waals surface area contributed by atoms with E-state index in [4.69, 9.17) is 15.2 Å². The molecule has 0 saturated heterocycles. The second-order valence-electron chi connectivity index (χ2n) is 4.03. The first-order valence-corrected chi connectivity index (χ1v) is 6.49. The van der Waals surface area contributed by atoms with Gasteiger partial charge in [-0.1, -0.05) is 0 Å². The number of esters is 2. The summed E-state index contributed by atoms with van der Waals surface area (Å²) in [5, 5.41) is 2.29. The van der Waals surface area contributed by atoms with Crippen LogP contribution in [0.2, 0.25) is 0 Å². The van der Waals surface area contributed by atoms with Gasteiger partial charge in [0.2, 0.25) is 6.04 Å². The summed E-state index contributed by atoms with van der Waals surface area (Å²) in [6.45, 7) is 3.38. The van der Waals surface area contributed by atoms with Gasteiger partial charge in [-0.3, -0.25) is 4.79 Å². The van der Waals surface area contributed by atoms with E-state index in [-0.39, 0.29) is 18.8 Å². The summed E-state index contributed by atoms with van der Waals surface area (Å²) in [5.41, 5.74) is 6.29. The standard InChI is InChI=1S/C14H18N2O5/c1-3-20-13(18)11(14(19)21-4-2)16-12(17)9-5-7-10(15)8-6-9/h5-8,11H,3-4,15H2,1-2H3,(H,16,17). The van der Waals surface area contributed by atoms with Crippen molar-refractivity contribution in [1.82, 2.24) is 5.32 Å².